The van der Waals surface area contributed by atoms with Crippen LogP contribution in [0, 0.1) is 0 Å². The first-order valence-electron chi connectivity index (χ1n) is 8.22. The summed E-state index contributed by atoms with van der Waals surface area (Å²) in [7, 11) is 0. The van der Waals surface area contributed by atoms with Gasteiger partial charge in [0, 0.05) is 23.7 Å². The third kappa shape index (κ3) is 4.17. The van der Waals surface area contributed by atoms with Gasteiger partial charge in [-0.3, -0.25) is 4.90 Å². The molecule has 1 saturated carbocycles. The topological polar surface area (TPSA) is 35.5 Å². The molecule has 0 spiro atoms. The highest BCUT2D eigenvalue weighted by molar-refractivity contribution is 4.93. The molecule has 0 aromatic heterocycles. The summed E-state index contributed by atoms with van der Waals surface area (Å²) in [4.78, 5) is 2.69. The molecular formula is C16H32N2O. The Morgan fingerprint density at radius 2 is 2.00 bits per heavy atom. The SMILES string of the molecule is CCC1CCC(C)N1CCCC(C)(CO)NC1CC1. The first-order chi connectivity index (χ1) is 9.08. The average molecular weight is 268 g/mol. The minimum atomic E-state index is -0.0637. The van der Waals surface area contributed by atoms with Gasteiger partial charge in [-0.15, -0.1) is 0 Å². The summed E-state index contributed by atoms with van der Waals surface area (Å²) in [6, 6.07) is 2.22. The van der Waals surface area contributed by atoms with Crippen LogP contribution >= 0.6 is 0 Å². The summed E-state index contributed by atoms with van der Waals surface area (Å²) in [5, 5.41) is 13.2. The van der Waals surface area contributed by atoms with Gasteiger partial charge in [-0.1, -0.05) is 6.92 Å². The van der Waals surface area contributed by atoms with Crippen molar-refractivity contribution in [1.82, 2.24) is 10.2 Å². The molecule has 2 aliphatic rings. The number of nitrogens with one attached hydrogen (secondary N) is 1. The minimum absolute atomic E-state index is 0.0637. The smallest absolute Gasteiger partial charge is 0.0610 e. The van der Waals surface area contributed by atoms with Crippen LogP contribution in [0.25, 0.3) is 0 Å². The Balaban J connectivity index is 1.74. The minimum Gasteiger partial charge on any atom is -0.394 e. The van der Waals surface area contributed by atoms with Crippen LogP contribution in [0.15, 0.2) is 0 Å². The third-order valence-corrected chi connectivity index (χ3v) is 5.05. The van der Waals surface area contributed by atoms with Crippen molar-refractivity contribution in [1.29, 1.82) is 0 Å². The molecule has 19 heavy (non-hydrogen) atoms. The maximum absolute atomic E-state index is 9.63. The highest BCUT2D eigenvalue weighted by Crippen LogP contribution is 2.28. The maximum atomic E-state index is 9.63. The third-order valence-electron chi connectivity index (χ3n) is 5.05. The number of likely N-dealkylation sites (tertiary alicyclic amines) is 1. The highest BCUT2D eigenvalue weighted by atomic mass is 16.3. The molecule has 1 saturated heterocycles. The summed E-state index contributed by atoms with van der Waals surface area (Å²) in [6.07, 6.45) is 8.86. The van der Waals surface area contributed by atoms with Crippen LogP contribution in [0.3, 0.4) is 0 Å². The zero-order valence-corrected chi connectivity index (χ0v) is 13.0. The van der Waals surface area contributed by atoms with Gasteiger partial charge in [0.25, 0.3) is 0 Å². The predicted molar refractivity (Wildman–Crippen MR) is 80.4 cm³/mol. The van der Waals surface area contributed by atoms with E-state index in [4.69, 9.17) is 0 Å². The largest absolute Gasteiger partial charge is 0.394 e. The first-order valence-corrected chi connectivity index (χ1v) is 8.22. The molecule has 112 valence electrons. The molecular weight excluding hydrogens is 236 g/mol. The second-order valence-electron chi connectivity index (χ2n) is 6.97. The lowest BCUT2D eigenvalue weighted by molar-refractivity contribution is 0.144. The van der Waals surface area contributed by atoms with Crippen LogP contribution in [0.2, 0.25) is 0 Å². The van der Waals surface area contributed by atoms with E-state index >= 15 is 0 Å². The van der Waals surface area contributed by atoms with Gasteiger partial charge in [-0.05, 0) is 65.3 Å². The molecule has 2 rings (SSSR count). The number of aliphatic hydroxyl groups excluding tert-OH is 1. The Morgan fingerprint density at radius 3 is 2.58 bits per heavy atom. The lowest BCUT2D eigenvalue weighted by Gasteiger charge is -2.32. The molecule has 3 nitrogen and oxygen atoms in total. The van der Waals surface area contributed by atoms with E-state index in [1.54, 1.807) is 0 Å². The molecule has 2 fully saturated rings. The van der Waals surface area contributed by atoms with Crippen molar-refractivity contribution in [3.8, 4) is 0 Å². The lowest BCUT2D eigenvalue weighted by Crippen LogP contribution is -2.47. The molecule has 0 radical (unpaired) electrons. The zero-order valence-electron chi connectivity index (χ0n) is 13.0. The van der Waals surface area contributed by atoms with Crippen LogP contribution < -0.4 is 5.32 Å². The van der Waals surface area contributed by atoms with E-state index in [0.29, 0.717) is 6.04 Å². The normalized spacial score (nSPS) is 31.6. The zero-order chi connectivity index (χ0) is 13.9. The molecule has 3 unspecified atom stereocenters. The predicted octanol–water partition coefficient (Wildman–Crippen LogP) is 2.53. The maximum Gasteiger partial charge on any atom is 0.0610 e. The van der Waals surface area contributed by atoms with E-state index in [1.165, 1.54) is 45.1 Å². The summed E-state index contributed by atoms with van der Waals surface area (Å²) < 4.78 is 0. The van der Waals surface area contributed by atoms with Crippen LogP contribution in [0.5, 0.6) is 0 Å². The van der Waals surface area contributed by atoms with E-state index in [2.05, 4.69) is 31.0 Å². The number of hydrogen-bond donors (Lipinski definition) is 2. The van der Waals surface area contributed by atoms with Crippen LogP contribution in [0.1, 0.15) is 65.7 Å². The Kier molecular flexibility index (Phi) is 5.27. The Hall–Kier alpha value is -0.120. The van der Waals surface area contributed by atoms with E-state index in [0.717, 1.165) is 18.5 Å². The molecule has 1 aliphatic carbocycles. The van der Waals surface area contributed by atoms with Gasteiger partial charge in [0.15, 0.2) is 0 Å². The molecule has 3 atom stereocenters. The van der Waals surface area contributed by atoms with Crippen LogP contribution in [-0.2, 0) is 0 Å². The van der Waals surface area contributed by atoms with Crippen molar-refractivity contribution in [2.45, 2.75) is 89.4 Å². The molecule has 0 aromatic carbocycles. The van der Waals surface area contributed by atoms with Crippen molar-refractivity contribution in [2.24, 2.45) is 0 Å². The van der Waals surface area contributed by atoms with Gasteiger partial charge in [-0.2, -0.15) is 0 Å². The monoisotopic (exact) mass is 268 g/mol. The van der Waals surface area contributed by atoms with Gasteiger partial charge < -0.3 is 10.4 Å². The van der Waals surface area contributed by atoms with Gasteiger partial charge in [0.2, 0.25) is 0 Å². The first kappa shape index (κ1) is 15.3. The summed E-state index contributed by atoms with van der Waals surface area (Å²) in [5.74, 6) is 0. The molecule has 2 N–H and O–H groups in total. The number of hydrogen-bond acceptors (Lipinski definition) is 3. The fourth-order valence-corrected chi connectivity index (χ4v) is 3.54. The Morgan fingerprint density at radius 1 is 1.26 bits per heavy atom. The number of aliphatic hydroxyl groups is 1. The fourth-order valence-electron chi connectivity index (χ4n) is 3.54. The Bertz CT molecular complexity index is 280. The van der Waals surface area contributed by atoms with Gasteiger partial charge in [0.1, 0.15) is 0 Å². The van der Waals surface area contributed by atoms with Crippen molar-refractivity contribution < 1.29 is 5.11 Å². The van der Waals surface area contributed by atoms with Gasteiger partial charge in [-0.25, -0.2) is 0 Å². The second-order valence-corrected chi connectivity index (χ2v) is 6.97. The molecule has 1 heterocycles. The molecule has 0 amide bonds. The van der Waals surface area contributed by atoms with Crippen LogP contribution in [0.4, 0.5) is 0 Å². The average Bonchev–Trinajstić information content (AvgIpc) is 3.13. The Labute approximate surface area is 118 Å². The summed E-state index contributed by atoms with van der Waals surface area (Å²) >= 11 is 0. The summed E-state index contributed by atoms with van der Waals surface area (Å²) in [6.45, 7) is 8.31. The van der Waals surface area contributed by atoms with E-state index in [-0.39, 0.29) is 12.1 Å². The standard InChI is InChI=1S/C16H32N2O/c1-4-15-9-6-13(2)18(15)11-5-10-16(3,12-19)17-14-7-8-14/h13-15,17,19H,4-12H2,1-3H3. The molecule has 3 heteroatoms. The van der Waals surface area contributed by atoms with Gasteiger partial charge >= 0.3 is 0 Å². The van der Waals surface area contributed by atoms with Crippen molar-refractivity contribution in [3.05, 3.63) is 0 Å². The highest BCUT2D eigenvalue weighted by Gasteiger charge is 2.33. The molecule has 1 aliphatic heterocycles. The van der Waals surface area contributed by atoms with E-state index < -0.39 is 0 Å². The quantitative estimate of drug-likeness (QED) is 0.710. The molecule has 0 bridgehead atoms. The van der Waals surface area contributed by atoms with Crippen molar-refractivity contribution in [2.75, 3.05) is 13.2 Å². The fraction of sp³-hybridized carbons (Fsp3) is 1.00. The van der Waals surface area contributed by atoms with Crippen LogP contribution in [-0.4, -0.2) is 46.8 Å². The lowest BCUT2D eigenvalue weighted by atomic mass is 9.96. The second kappa shape index (κ2) is 6.55. The number of rotatable bonds is 8. The van der Waals surface area contributed by atoms with E-state index in [1.807, 2.05) is 0 Å². The van der Waals surface area contributed by atoms with Gasteiger partial charge in [0.05, 0.1) is 6.61 Å². The number of nitrogens with zero attached hydrogens (tertiary/aromatic N) is 1. The van der Waals surface area contributed by atoms with Crippen molar-refractivity contribution >= 4 is 0 Å². The molecule has 0 aromatic rings. The van der Waals surface area contributed by atoms with E-state index in [9.17, 15) is 5.11 Å². The van der Waals surface area contributed by atoms with Crippen molar-refractivity contribution in [3.63, 3.8) is 0 Å². The summed E-state index contributed by atoms with van der Waals surface area (Å²) in [5.41, 5.74) is -0.0637.